The van der Waals surface area contributed by atoms with E-state index in [1.165, 1.54) is 0 Å². The van der Waals surface area contributed by atoms with Crippen molar-refractivity contribution >= 4 is 15.6 Å². The molecule has 0 aromatic heterocycles. The van der Waals surface area contributed by atoms with Crippen LogP contribution in [0.4, 0.5) is 0 Å². The molecule has 0 aliphatic carbocycles. The Kier molecular flexibility index (Phi) is 4.95. The molecule has 0 bridgehead atoms. The van der Waals surface area contributed by atoms with Gasteiger partial charge >= 0.3 is 0 Å². The molecule has 0 atom stereocenters. The van der Waals surface area contributed by atoms with Crippen molar-refractivity contribution in [3.63, 3.8) is 0 Å². The van der Waals surface area contributed by atoms with Crippen molar-refractivity contribution < 1.29 is 13.2 Å². The highest BCUT2D eigenvalue weighted by Crippen LogP contribution is 2.20. The number of nitrogens with zero attached hydrogens (tertiary/aromatic N) is 1. The molecule has 0 saturated carbocycles. The van der Waals surface area contributed by atoms with Crippen molar-refractivity contribution in [2.75, 3.05) is 25.4 Å². The average molecular weight is 275 g/mol. The lowest BCUT2D eigenvalue weighted by atomic mass is 9.93. The fourth-order valence-electron chi connectivity index (χ4n) is 2.12. The lowest BCUT2D eigenvalue weighted by molar-refractivity contribution is -0.122. The number of likely N-dealkylation sites (tertiary alicyclic amines) is 1. The lowest BCUT2D eigenvalue weighted by Crippen LogP contribution is -2.41. The van der Waals surface area contributed by atoms with Crippen LogP contribution in [0.2, 0.25) is 0 Å². The summed E-state index contributed by atoms with van der Waals surface area (Å²) < 4.78 is 23.3. The fraction of sp³-hybridized carbons (Fsp3) is 0.923. The first-order valence-corrected chi connectivity index (χ1v) is 8.24. The summed E-state index contributed by atoms with van der Waals surface area (Å²) in [5, 5.41) is 0. The minimum Gasteiger partial charge on any atom is -0.302 e. The van der Waals surface area contributed by atoms with Crippen LogP contribution in [0.15, 0.2) is 0 Å². The van der Waals surface area contributed by atoms with Gasteiger partial charge in [-0.25, -0.2) is 8.42 Å². The van der Waals surface area contributed by atoms with Gasteiger partial charge in [-0.3, -0.25) is 4.79 Å². The fourth-order valence-corrected chi connectivity index (χ4v) is 3.23. The minimum absolute atomic E-state index is 0.181. The molecule has 0 spiro atoms. The molecule has 0 radical (unpaired) electrons. The van der Waals surface area contributed by atoms with E-state index in [0.717, 1.165) is 25.9 Å². The maximum absolute atomic E-state index is 12.0. The molecule has 18 heavy (non-hydrogen) atoms. The Morgan fingerprint density at radius 3 is 2.11 bits per heavy atom. The molecule has 1 aliphatic rings. The topological polar surface area (TPSA) is 54.5 Å². The van der Waals surface area contributed by atoms with Gasteiger partial charge in [0, 0.05) is 12.5 Å². The van der Waals surface area contributed by atoms with Crippen LogP contribution >= 0.6 is 0 Å². The summed E-state index contributed by atoms with van der Waals surface area (Å²) in [5.41, 5.74) is 0. The van der Waals surface area contributed by atoms with E-state index < -0.39 is 14.6 Å². The van der Waals surface area contributed by atoms with Gasteiger partial charge in [0.1, 0.15) is 5.78 Å². The third-order valence-electron chi connectivity index (χ3n) is 3.77. The summed E-state index contributed by atoms with van der Waals surface area (Å²) in [6, 6.07) is 0. The van der Waals surface area contributed by atoms with Crippen molar-refractivity contribution in [1.29, 1.82) is 0 Å². The van der Waals surface area contributed by atoms with E-state index >= 15 is 0 Å². The van der Waals surface area contributed by atoms with Gasteiger partial charge in [-0.2, -0.15) is 0 Å². The Morgan fingerprint density at radius 2 is 1.72 bits per heavy atom. The van der Waals surface area contributed by atoms with E-state index in [9.17, 15) is 13.2 Å². The number of piperidine rings is 1. The Bertz CT molecular complexity index is 387. The van der Waals surface area contributed by atoms with E-state index in [-0.39, 0.29) is 17.5 Å². The normalized spacial score (nSPS) is 20.0. The zero-order valence-corrected chi connectivity index (χ0v) is 12.7. The number of hydrogen-bond acceptors (Lipinski definition) is 4. The molecule has 0 N–H and O–H groups in total. The number of carbonyl (C=O) groups excluding carboxylic acids is 1. The summed E-state index contributed by atoms with van der Waals surface area (Å²) >= 11 is 0. The highest BCUT2D eigenvalue weighted by Gasteiger charge is 2.30. The molecule has 1 aliphatic heterocycles. The van der Waals surface area contributed by atoms with Gasteiger partial charge in [0.05, 0.1) is 10.5 Å². The average Bonchev–Trinajstić information content (AvgIpc) is 2.25. The number of Topliss-reactive ketones (excluding diaryl/α,β-unsaturated/α-hetero) is 1. The van der Waals surface area contributed by atoms with Crippen molar-refractivity contribution in [3.05, 3.63) is 0 Å². The predicted octanol–water partition coefficient (Wildman–Crippen LogP) is 1.50. The van der Waals surface area contributed by atoms with E-state index in [1.807, 2.05) is 0 Å². The molecular weight excluding hydrogens is 250 g/mol. The molecule has 1 saturated heterocycles. The standard InChI is InChI=1S/C13H25NO3S/c1-11(15)12-5-7-14(8-6-12)9-10-18(16,17)13(2,3)4/h12H,5-10H2,1-4H3. The van der Waals surface area contributed by atoms with Crippen molar-refractivity contribution in [1.82, 2.24) is 4.90 Å². The van der Waals surface area contributed by atoms with Crippen molar-refractivity contribution in [2.45, 2.75) is 45.3 Å². The van der Waals surface area contributed by atoms with E-state index in [2.05, 4.69) is 4.90 Å². The molecule has 1 heterocycles. The zero-order valence-electron chi connectivity index (χ0n) is 11.9. The molecule has 0 unspecified atom stereocenters. The van der Waals surface area contributed by atoms with Crippen molar-refractivity contribution in [3.8, 4) is 0 Å². The maximum atomic E-state index is 12.0. The van der Waals surface area contributed by atoms with Crippen LogP contribution in [0.5, 0.6) is 0 Å². The molecule has 0 aromatic carbocycles. The van der Waals surface area contributed by atoms with E-state index in [4.69, 9.17) is 0 Å². The van der Waals surface area contributed by atoms with Gasteiger partial charge in [0.15, 0.2) is 9.84 Å². The Balaban J connectivity index is 2.42. The second-order valence-corrected chi connectivity index (χ2v) is 9.02. The van der Waals surface area contributed by atoms with Crippen LogP contribution in [-0.2, 0) is 14.6 Å². The Hall–Kier alpha value is -0.420. The van der Waals surface area contributed by atoms with Crippen LogP contribution in [0.1, 0.15) is 40.5 Å². The summed E-state index contributed by atoms with van der Waals surface area (Å²) in [6.45, 7) is 9.13. The van der Waals surface area contributed by atoms with Crippen LogP contribution in [0.25, 0.3) is 0 Å². The second-order valence-electron chi connectivity index (χ2n) is 6.16. The summed E-state index contributed by atoms with van der Waals surface area (Å²) in [6.07, 6.45) is 1.73. The molecule has 5 heteroatoms. The molecule has 106 valence electrons. The van der Waals surface area contributed by atoms with Crippen LogP contribution in [-0.4, -0.2) is 49.2 Å². The highest BCUT2D eigenvalue weighted by atomic mass is 32.2. The number of hydrogen-bond donors (Lipinski definition) is 0. The Morgan fingerprint density at radius 1 is 1.22 bits per heavy atom. The van der Waals surface area contributed by atoms with Crippen LogP contribution in [0.3, 0.4) is 0 Å². The zero-order chi connectivity index (χ0) is 14.0. The smallest absolute Gasteiger partial charge is 0.156 e. The molecule has 0 amide bonds. The third kappa shape index (κ3) is 4.05. The van der Waals surface area contributed by atoms with E-state index in [0.29, 0.717) is 6.54 Å². The predicted molar refractivity (Wildman–Crippen MR) is 73.4 cm³/mol. The number of sulfone groups is 1. The summed E-state index contributed by atoms with van der Waals surface area (Å²) in [4.78, 5) is 13.4. The molecule has 1 rings (SSSR count). The van der Waals surface area contributed by atoms with E-state index in [1.54, 1.807) is 27.7 Å². The maximum Gasteiger partial charge on any atom is 0.156 e. The lowest BCUT2D eigenvalue weighted by Gasteiger charge is -2.31. The molecule has 0 aromatic rings. The summed E-state index contributed by atoms with van der Waals surface area (Å²) in [5.74, 6) is 0.652. The van der Waals surface area contributed by atoms with Gasteiger partial charge in [0.2, 0.25) is 0 Å². The first-order valence-electron chi connectivity index (χ1n) is 6.58. The quantitative estimate of drug-likeness (QED) is 0.780. The van der Waals surface area contributed by atoms with Gasteiger partial charge in [-0.15, -0.1) is 0 Å². The Labute approximate surface area is 111 Å². The number of carbonyl (C=O) groups is 1. The SMILES string of the molecule is CC(=O)C1CCN(CCS(=O)(=O)C(C)(C)C)CC1. The second kappa shape index (κ2) is 5.70. The number of rotatable bonds is 4. The third-order valence-corrected chi connectivity index (χ3v) is 6.36. The van der Waals surface area contributed by atoms with Crippen molar-refractivity contribution in [2.24, 2.45) is 5.92 Å². The van der Waals surface area contributed by atoms with Crippen LogP contribution in [0, 0.1) is 5.92 Å². The van der Waals surface area contributed by atoms with Gasteiger partial charge in [0.25, 0.3) is 0 Å². The highest BCUT2D eigenvalue weighted by molar-refractivity contribution is 7.92. The van der Waals surface area contributed by atoms with Crippen LogP contribution < -0.4 is 0 Å². The largest absolute Gasteiger partial charge is 0.302 e. The minimum atomic E-state index is -3.04. The first-order chi connectivity index (χ1) is 8.13. The number of ketones is 1. The molecule has 1 fully saturated rings. The summed E-state index contributed by atoms with van der Waals surface area (Å²) in [7, 11) is -3.04. The molecule has 4 nitrogen and oxygen atoms in total. The first kappa shape index (κ1) is 15.6. The monoisotopic (exact) mass is 275 g/mol. The van der Waals surface area contributed by atoms with Gasteiger partial charge < -0.3 is 4.90 Å². The molecular formula is C13H25NO3S. The van der Waals surface area contributed by atoms with Gasteiger partial charge in [-0.05, 0) is 53.6 Å². The van der Waals surface area contributed by atoms with Gasteiger partial charge in [-0.1, -0.05) is 0 Å².